The highest BCUT2D eigenvalue weighted by Crippen LogP contribution is 2.35. The zero-order chi connectivity index (χ0) is 13.9. The molecular formula is C11H9F2O5-. The van der Waals surface area contributed by atoms with Crippen LogP contribution in [0.25, 0.3) is 0 Å². The van der Waals surface area contributed by atoms with Gasteiger partial charge in [-0.25, -0.2) is 0 Å². The fourth-order valence-electron chi connectivity index (χ4n) is 1.27. The van der Waals surface area contributed by atoms with Gasteiger partial charge in [-0.1, -0.05) is 12.1 Å². The SMILES string of the molecule is CC(=O)OC(c1ccc(O)cc1)C(F)(F)C(=O)[O-]. The van der Waals surface area contributed by atoms with Gasteiger partial charge >= 0.3 is 11.9 Å². The molecule has 0 bridgehead atoms. The number of halogens is 2. The van der Waals surface area contributed by atoms with Crippen LogP contribution in [-0.4, -0.2) is 23.0 Å². The van der Waals surface area contributed by atoms with Gasteiger partial charge in [-0.2, -0.15) is 8.78 Å². The van der Waals surface area contributed by atoms with Gasteiger partial charge in [0.25, 0.3) is 0 Å². The third-order valence-corrected chi connectivity index (χ3v) is 2.08. The minimum Gasteiger partial charge on any atom is -0.544 e. The Hall–Kier alpha value is -2.18. The highest BCUT2D eigenvalue weighted by Gasteiger charge is 2.45. The Kier molecular flexibility index (Phi) is 3.85. The number of rotatable bonds is 4. The van der Waals surface area contributed by atoms with Crippen molar-refractivity contribution >= 4 is 11.9 Å². The van der Waals surface area contributed by atoms with Crippen molar-refractivity contribution in [2.24, 2.45) is 0 Å². The lowest BCUT2D eigenvalue weighted by Gasteiger charge is -2.27. The normalized spacial score (nSPS) is 12.8. The molecule has 0 spiro atoms. The average molecular weight is 259 g/mol. The quantitative estimate of drug-likeness (QED) is 0.790. The average Bonchev–Trinajstić information content (AvgIpc) is 2.26. The van der Waals surface area contributed by atoms with E-state index < -0.39 is 24.0 Å². The van der Waals surface area contributed by atoms with E-state index in [2.05, 4.69) is 4.74 Å². The molecule has 0 aromatic heterocycles. The molecule has 0 radical (unpaired) electrons. The molecule has 1 rings (SSSR count). The largest absolute Gasteiger partial charge is 0.544 e. The van der Waals surface area contributed by atoms with E-state index in [4.69, 9.17) is 5.11 Å². The van der Waals surface area contributed by atoms with E-state index in [1.807, 2.05) is 0 Å². The summed E-state index contributed by atoms with van der Waals surface area (Å²) in [6.07, 6.45) is -2.31. The van der Waals surface area contributed by atoms with Crippen LogP contribution in [0.15, 0.2) is 24.3 Å². The first-order chi connectivity index (χ1) is 8.25. The lowest BCUT2D eigenvalue weighted by Crippen LogP contribution is -2.47. The van der Waals surface area contributed by atoms with E-state index >= 15 is 0 Å². The number of aliphatic carboxylic acids is 1. The Morgan fingerprint density at radius 2 is 1.83 bits per heavy atom. The highest BCUT2D eigenvalue weighted by atomic mass is 19.3. The maximum Gasteiger partial charge on any atom is 0.327 e. The van der Waals surface area contributed by atoms with E-state index in [0.29, 0.717) is 0 Å². The molecule has 1 atom stereocenters. The second-order valence-electron chi connectivity index (χ2n) is 3.49. The summed E-state index contributed by atoms with van der Waals surface area (Å²) < 4.78 is 31.0. The number of carbonyl (C=O) groups is 2. The number of hydrogen-bond acceptors (Lipinski definition) is 5. The Balaban J connectivity index is 3.17. The number of ether oxygens (including phenoxy) is 1. The molecule has 0 amide bonds. The first-order valence-corrected chi connectivity index (χ1v) is 4.80. The number of benzene rings is 1. The van der Waals surface area contributed by atoms with Crippen LogP contribution in [0, 0.1) is 0 Å². The van der Waals surface area contributed by atoms with Gasteiger partial charge in [0.1, 0.15) is 11.7 Å². The predicted octanol–water partition coefficient (Wildman–Crippen LogP) is 0.382. The molecule has 1 unspecified atom stereocenters. The van der Waals surface area contributed by atoms with Crippen molar-refractivity contribution in [3.05, 3.63) is 29.8 Å². The van der Waals surface area contributed by atoms with Crippen molar-refractivity contribution in [2.45, 2.75) is 19.0 Å². The van der Waals surface area contributed by atoms with Crippen LogP contribution in [0.1, 0.15) is 18.6 Å². The Morgan fingerprint density at radius 3 is 2.22 bits per heavy atom. The fourth-order valence-corrected chi connectivity index (χ4v) is 1.27. The fraction of sp³-hybridized carbons (Fsp3) is 0.273. The molecule has 5 nitrogen and oxygen atoms in total. The van der Waals surface area contributed by atoms with Crippen LogP contribution in [0.4, 0.5) is 8.78 Å². The van der Waals surface area contributed by atoms with Crippen molar-refractivity contribution in [3.8, 4) is 5.75 Å². The zero-order valence-electron chi connectivity index (χ0n) is 9.22. The zero-order valence-corrected chi connectivity index (χ0v) is 9.22. The summed E-state index contributed by atoms with van der Waals surface area (Å²) in [5, 5.41) is 19.4. The second kappa shape index (κ2) is 4.99. The summed E-state index contributed by atoms with van der Waals surface area (Å²) in [6, 6.07) is 4.19. The monoisotopic (exact) mass is 259 g/mol. The number of esters is 1. The number of phenolic OH excluding ortho intramolecular Hbond substituents is 1. The molecule has 1 aromatic rings. The molecule has 18 heavy (non-hydrogen) atoms. The number of aromatic hydroxyl groups is 1. The lowest BCUT2D eigenvalue weighted by atomic mass is 10.0. The molecule has 1 aromatic carbocycles. The van der Waals surface area contributed by atoms with E-state index in [0.717, 1.165) is 31.2 Å². The summed E-state index contributed by atoms with van der Waals surface area (Å²) in [7, 11) is 0. The topological polar surface area (TPSA) is 86.7 Å². The predicted molar refractivity (Wildman–Crippen MR) is 52.6 cm³/mol. The van der Waals surface area contributed by atoms with Crippen LogP contribution < -0.4 is 5.11 Å². The van der Waals surface area contributed by atoms with Gasteiger partial charge in [0.05, 0.1) is 0 Å². The number of phenols is 1. The highest BCUT2D eigenvalue weighted by molar-refractivity contribution is 5.75. The van der Waals surface area contributed by atoms with E-state index in [9.17, 15) is 23.5 Å². The Morgan fingerprint density at radius 1 is 1.33 bits per heavy atom. The second-order valence-corrected chi connectivity index (χ2v) is 3.49. The third-order valence-electron chi connectivity index (χ3n) is 2.08. The minimum absolute atomic E-state index is 0.197. The third kappa shape index (κ3) is 2.93. The molecule has 98 valence electrons. The number of carboxylic acid groups (broad SMARTS) is 1. The Labute approximate surface area is 101 Å². The Bertz CT molecular complexity index is 455. The van der Waals surface area contributed by atoms with Gasteiger partial charge < -0.3 is 19.7 Å². The molecule has 0 aliphatic rings. The number of alkyl halides is 2. The van der Waals surface area contributed by atoms with Gasteiger partial charge in [0.2, 0.25) is 0 Å². The maximum absolute atomic E-state index is 13.4. The molecule has 0 heterocycles. The van der Waals surface area contributed by atoms with Crippen molar-refractivity contribution in [3.63, 3.8) is 0 Å². The van der Waals surface area contributed by atoms with E-state index in [-0.39, 0.29) is 11.3 Å². The van der Waals surface area contributed by atoms with E-state index in [1.165, 1.54) is 0 Å². The lowest BCUT2D eigenvalue weighted by molar-refractivity contribution is -0.336. The molecule has 0 saturated carbocycles. The maximum atomic E-state index is 13.4. The van der Waals surface area contributed by atoms with Crippen LogP contribution in [0.3, 0.4) is 0 Å². The van der Waals surface area contributed by atoms with Gasteiger partial charge in [-0.15, -0.1) is 0 Å². The summed E-state index contributed by atoms with van der Waals surface area (Å²) in [5.41, 5.74) is -0.266. The van der Waals surface area contributed by atoms with Crippen molar-refractivity contribution in [1.29, 1.82) is 0 Å². The van der Waals surface area contributed by atoms with Gasteiger partial charge in [-0.3, -0.25) is 4.79 Å². The number of hydrogen-bond donors (Lipinski definition) is 1. The molecule has 0 aliphatic heterocycles. The molecule has 1 N–H and O–H groups in total. The van der Waals surface area contributed by atoms with Crippen molar-refractivity contribution in [1.82, 2.24) is 0 Å². The van der Waals surface area contributed by atoms with E-state index in [1.54, 1.807) is 0 Å². The summed E-state index contributed by atoms with van der Waals surface area (Å²) >= 11 is 0. The number of carbonyl (C=O) groups excluding carboxylic acids is 2. The van der Waals surface area contributed by atoms with Gasteiger partial charge in [-0.05, 0) is 17.7 Å². The molecular weight excluding hydrogens is 250 g/mol. The van der Waals surface area contributed by atoms with Crippen LogP contribution in [0.2, 0.25) is 0 Å². The van der Waals surface area contributed by atoms with Crippen LogP contribution in [-0.2, 0) is 14.3 Å². The first-order valence-electron chi connectivity index (χ1n) is 4.80. The summed E-state index contributed by atoms with van der Waals surface area (Å²) in [5.74, 6) is -8.28. The van der Waals surface area contributed by atoms with Crippen LogP contribution >= 0.6 is 0 Å². The molecule has 0 saturated heterocycles. The first kappa shape index (κ1) is 13.9. The van der Waals surface area contributed by atoms with Crippen molar-refractivity contribution < 1.29 is 33.3 Å². The molecule has 0 aliphatic carbocycles. The van der Waals surface area contributed by atoms with Crippen LogP contribution in [0.5, 0.6) is 5.75 Å². The smallest absolute Gasteiger partial charge is 0.327 e. The molecule has 0 fully saturated rings. The van der Waals surface area contributed by atoms with Gasteiger partial charge in [0, 0.05) is 6.92 Å². The summed E-state index contributed by atoms with van der Waals surface area (Å²) in [6.45, 7) is 0.874. The number of carboxylic acids is 1. The minimum atomic E-state index is -4.37. The standard InChI is InChI=1S/C11H10F2O5/c1-6(14)18-9(11(12,13)10(16)17)7-2-4-8(15)5-3-7/h2-5,9,15H,1H3,(H,16,17)/p-1. The molecule has 7 heteroatoms. The summed E-state index contributed by atoms with van der Waals surface area (Å²) in [4.78, 5) is 21.1. The van der Waals surface area contributed by atoms with Gasteiger partial charge in [0.15, 0.2) is 6.10 Å². The van der Waals surface area contributed by atoms with Crippen molar-refractivity contribution in [2.75, 3.05) is 0 Å².